The molecule has 26 heavy (non-hydrogen) atoms. The van der Waals surface area contributed by atoms with Gasteiger partial charge in [0, 0.05) is 38.6 Å². The second-order valence-electron chi connectivity index (χ2n) is 7.80. The Morgan fingerprint density at radius 3 is 2.81 bits per heavy atom. The summed E-state index contributed by atoms with van der Waals surface area (Å²) in [7, 11) is 0. The molecule has 2 aromatic rings. The van der Waals surface area contributed by atoms with E-state index in [0.29, 0.717) is 11.2 Å². The van der Waals surface area contributed by atoms with Crippen molar-refractivity contribution < 1.29 is 4.79 Å². The van der Waals surface area contributed by atoms with E-state index < -0.39 is 0 Å². The molecule has 2 aromatic heterocycles. The lowest BCUT2D eigenvalue weighted by atomic mass is 9.89. The molecule has 1 amide bonds. The largest absolute Gasteiger partial charge is 0.337 e. The van der Waals surface area contributed by atoms with Crippen LogP contribution in [0.1, 0.15) is 54.6 Å². The van der Waals surface area contributed by atoms with Gasteiger partial charge in [0.15, 0.2) is 5.65 Å². The molecule has 140 valence electrons. The lowest BCUT2D eigenvalue weighted by Crippen LogP contribution is -2.37. The van der Waals surface area contributed by atoms with Gasteiger partial charge >= 0.3 is 0 Å². The van der Waals surface area contributed by atoms with Crippen LogP contribution in [0, 0.1) is 12.8 Å². The molecule has 1 saturated carbocycles. The summed E-state index contributed by atoms with van der Waals surface area (Å²) in [5.74, 6) is 0.938. The van der Waals surface area contributed by atoms with Crippen LogP contribution in [0.4, 0.5) is 0 Å². The Hall–Kier alpha value is -1.95. The first kappa shape index (κ1) is 17.5. The SMILES string of the molecule is Cc1nn2cccnc2c1C(=O)N1CCCN(CC2CCCCC2)CC1. The van der Waals surface area contributed by atoms with E-state index in [1.807, 2.05) is 24.1 Å². The van der Waals surface area contributed by atoms with Crippen molar-refractivity contribution in [2.24, 2.45) is 5.92 Å². The lowest BCUT2D eigenvalue weighted by Gasteiger charge is -2.28. The summed E-state index contributed by atoms with van der Waals surface area (Å²) >= 11 is 0. The Morgan fingerprint density at radius 1 is 1.12 bits per heavy atom. The Kier molecular flexibility index (Phi) is 5.20. The minimum atomic E-state index is 0.0794. The minimum Gasteiger partial charge on any atom is -0.337 e. The molecule has 0 aromatic carbocycles. The van der Waals surface area contributed by atoms with Crippen LogP contribution in [0.2, 0.25) is 0 Å². The molecule has 1 aliphatic carbocycles. The van der Waals surface area contributed by atoms with Gasteiger partial charge < -0.3 is 9.80 Å². The molecule has 3 heterocycles. The van der Waals surface area contributed by atoms with Crippen LogP contribution in [-0.2, 0) is 0 Å². The molecule has 0 N–H and O–H groups in total. The van der Waals surface area contributed by atoms with E-state index >= 15 is 0 Å². The maximum absolute atomic E-state index is 13.2. The average Bonchev–Trinajstić information content (AvgIpc) is 2.83. The van der Waals surface area contributed by atoms with Crippen molar-refractivity contribution in [1.82, 2.24) is 24.4 Å². The van der Waals surface area contributed by atoms with Crippen LogP contribution >= 0.6 is 0 Å². The van der Waals surface area contributed by atoms with Crippen molar-refractivity contribution >= 4 is 11.6 Å². The van der Waals surface area contributed by atoms with Crippen molar-refractivity contribution in [2.45, 2.75) is 45.4 Å². The first-order valence-corrected chi connectivity index (χ1v) is 10.0. The molecule has 4 rings (SSSR count). The molecular formula is C20H29N5O. The summed E-state index contributed by atoms with van der Waals surface area (Å²) < 4.78 is 1.70. The molecule has 0 radical (unpaired) electrons. The summed E-state index contributed by atoms with van der Waals surface area (Å²) in [6, 6.07) is 1.84. The first-order valence-electron chi connectivity index (χ1n) is 10.0. The smallest absolute Gasteiger partial charge is 0.259 e. The quantitative estimate of drug-likeness (QED) is 0.849. The average molecular weight is 355 g/mol. The molecule has 6 nitrogen and oxygen atoms in total. The highest BCUT2D eigenvalue weighted by molar-refractivity contribution is 6.01. The number of fused-ring (bicyclic) bond motifs is 1. The third-order valence-electron chi connectivity index (χ3n) is 5.90. The number of amides is 1. The highest BCUT2D eigenvalue weighted by Crippen LogP contribution is 2.25. The molecule has 6 heteroatoms. The second-order valence-corrected chi connectivity index (χ2v) is 7.80. The highest BCUT2D eigenvalue weighted by Gasteiger charge is 2.26. The van der Waals surface area contributed by atoms with E-state index in [4.69, 9.17) is 0 Å². The predicted octanol–water partition coefficient (Wildman–Crippen LogP) is 2.77. The molecule has 1 saturated heterocycles. The third kappa shape index (κ3) is 3.61. The van der Waals surface area contributed by atoms with Crippen molar-refractivity contribution in [3.8, 4) is 0 Å². The zero-order valence-electron chi connectivity index (χ0n) is 15.7. The number of aromatic nitrogens is 3. The van der Waals surface area contributed by atoms with Gasteiger partial charge in [-0.05, 0) is 44.7 Å². The summed E-state index contributed by atoms with van der Waals surface area (Å²) in [5.41, 5.74) is 2.08. The fourth-order valence-electron chi connectivity index (χ4n) is 4.50. The zero-order valence-corrected chi connectivity index (χ0v) is 15.7. The van der Waals surface area contributed by atoms with E-state index in [1.54, 1.807) is 10.7 Å². The maximum Gasteiger partial charge on any atom is 0.259 e. The van der Waals surface area contributed by atoms with Gasteiger partial charge in [0.05, 0.1) is 5.69 Å². The lowest BCUT2D eigenvalue weighted by molar-refractivity contribution is 0.0761. The summed E-state index contributed by atoms with van der Waals surface area (Å²) in [6.07, 6.45) is 11.6. The molecule has 2 aliphatic rings. The molecule has 0 spiro atoms. The summed E-state index contributed by atoms with van der Waals surface area (Å²) in [6.45, 7) is 6.81. The summed E-state index contributed by atoms with van der Waals surface area (Å²) in [4.78, 5) is 22.1. The number of nitrogens with zero attached hydrogens (tertiary/aromatic N) is 5. The van der Waals surface area contributed by atoms with Crippen LogP contribution in [0.25, 0.3) is 5.65 Å². The van der Waals surface area contributed by atoms with E-state index in [9.17, 15) is 4.79 Å². The van der Waals surface area contributed by atoms with Crippen LogP contribution in [-0.4, -0.2) is 63.0 Å². The Morgan fingerprint density at radius 2 is 1.96 bits per heavy atom. The molecule has 0 unspecified atom stereocenters. The van der Waals surface area contributed by atoms with Gasteiger partial charge in [0.1, 0.15) is 5.56 Å². The first-order chi connectivity index (χ1) is 12.7. The van der Waals surface area contributed by atoms with E-state index in [-0.39, 0.29) is 5.91 Å². The zero-order chi connectivity index (χ0) is 17.9. The number of rotatable bonds is 3. The number of aryl methyl sites for hydroxylation is 1. The Bertz CT molecular complexity index is 765. The monoisotopic (exact) mass is 355 g/mol. The van der Waals surface area contributed by atoms with E-state index in [1.165, 1.54) is 38.6 Å². The van der Waals surface area contributed by atoms with Crippen molar-refractivity contribution in [2.75, 3.05) is 32.7 Å². The van der Waals surface area contributed by atoms with Crippen LogP contribution in [0.5, 0.6) is 0 Å². The van der Waals surface area contributed by atoms with Gasteiger partial charge in [0.2, 0.25) is 0 Å². The number of carbonyl (C=O) groups excluding carboxylic acids is 1. The van der Waals surface area contributed by atoms with Crippen molar-refractivity contribution in [1.29, 1.82) is 0 Å². The minimum absolute atomic E-state index is 0.0794. The molecule has 0 atom stereocenters. The number of hydrogen-bond donors (Lipinski definition) is 0. The molecular weight excluding hydrogens is 326 g/mol. The van der Waals surface area contributed by atoms with Crippen LogP contribution in [0.3, 0.4) is 0 Å². The van der Waals surface area contributed by atoms with E-state index in [2.05, 4.69) is 15.0 Å². The van der Waals surface area contributed by atoms with Crippen LogP contribution in [0.15, 0.2) is 18.5 Å². The fraction of sp³-hybridized carbons (Fsp3) is 0.650. The van der Waals surface area contributed by atoms with Crippen molar-refractivity contribution in [3.05, 3.63) is 29.7 Å². The van der Waals surface area contributed by atoms with Gasteiger partial charge in [-0.3, -0.25) is 4.79 Å². The van der Waals surface area contributed by atoms with Gasteiger partial charge in [-0.25, -0.2) is 9.50 Å². The highest BCUT2D eigenvalue weighted by atomic mass is 16.2. The van der Waals surface area contributed by atoms with Gasteiger partial charge in [-0.2, -0.15) is 5.10 Å². The molecule has 0 bridgehead atoms. The van der Waals surface area contributed by atoms with Gasteiger partial charge in [0.25, 0.3) is 5.91 Å². The van der Waals surface area contributed by atoms with Gasteiger partial charge in [-0.15, -0.1) is 0 Å². The number of carbonyl (C=O) groups is 1. The molecule has 1 aliphatic heterocycles. The number of hydrogen-bond acceptors (Lipinski definition) is 4. The Balaban J connectivity index is 1.43. The van der Waals surface area contributed by atoms with Crippen molar-refractivity contribution in [3.63, 3.8) is 0 Å². The standard InChI is InChI=1S/C20H29N5O/c1-16-18(19-21-9-5-12-25(19)22-16)20(26)24-11-6-10-23(13-14-24)15-17-7-3-2-4-8-17/h5,9,12,17H,2-4,6-8,10-11,13-15H2,1H3. The molecule has 2 fully saturated rings. The predicted molar refractivity (Wildman–Crippen MR) is 101 cm³/mol. The van der Waals surface area contributed by atoms with Gasteiger partial charge in [-0.1, -0.05) is 19.3 Å². The van der Waals surface area contributed by atoms with E-state index in [0.717, 1.165) is 44.2 Å². The Labute approximate surface area is 155 Å². The normalized spacial score (nSPS) is 20.4. The fourth-order valence-corrected chi connectivity index (χ4v) is 4.50. The topological polar surface area (TPSA) is 53.7 Å². The van der Waals surface area contributed by atoms with Crippen LogP contribution < -0.4 is 0 Å². The second kappa shape index (κ2) is 7.74. The maximum atomic E-state index is 13.2. The summed E-state index contributed by atoms with van der Waals surface area (Å²) in [5, 5.41) is 4.44. The third-order valence-corrected chi connectivity index (χ3v) is 5.90.